The molecule has 3 rings (SSSR count). The molecule has 1 aliphatic heterocycles. The highest BCUT2D eigenvalue weighted by atomic mass is 19.4. The quantitative estimate of drug-likeness (QED) is 0.928. The molecule has 1 aromatic heterocycles. The molecule has 0 radical (unpaired) electrons. The molecule has 3 nitrogen and oxygen atoms in total. The predicted octanol–water partition coefficient (Wildman–Crippen LogP) is 2.73. The topological polar surface area (TPSA) is 37.8 Å². The highest BCUT2D eigenvalue weighted by Gasteiger charge is 2.42. The standard InChI is InChI=1S/C14H18F3N3/c1-8-4-12(14(15,16)17)13(20-19-8)3-2-11-6-9-5-10(9)7-18-11/h4,9-11,18H,2-3,5-7H2,1H3. The number of aryl methyl sites for hydroxylation is 2. The molecule has 3 unspecified atom stereocenters. The molecule has 1 N–H and O–H groups in total. The number of aromatic nitrogens is 2. The van der Waals surface area contributed by atoms with E-state index in [4.69, 9.17) is 0 Å². The minimum Gasteiger partial charge on any atom is -0.314 e. The molecule has 2 fully saturated rings. The van der Waals surface area contributed by atoms with Gasteiger partial charge in [0.25, 0.3) is 0 Å². The van der Waals surface area contributed by atoms with Crippen LogP contribution >= 0.6 is 0 Å². The van der Waals surface area contributed by atoms with Crippen molar-refractivity contribution in [2.24, 2.45) is 11.8 Å². The second-order valence-electron chi connectivity index (χ2n) is 5.98. The van der Waals surface area contributed by atoms with Crippen molar-refractivity contribution in [2.45, 2.75) is 44.8 Å². The van der Waals surface area contributed by atoms with Gasteiger partial charge in [-0.25, -0.2) is 0 Å². The Morgan fingerprint density at radius 1 is 1.25 bits per heavy atom. The second-order valence-corrected chi connectivity index (χ2v) is 5.98. The summed E-state index contributed by atoms with van der Waals surface area (Å²) in [5.74, 6) is 1.61. The van der Waals surface area contributed by atoms with Crippen LogP contribution in [-0.4, -0.2) is 22.8 Å². The zero-order valence-electron chi connectivity index (χ0n) is 11.4. The molecule has 1 aliphatic carbocycles. The molecule has 0 bridgehead atoms. The fraction of sp³-hybridized carbons (Fsp3) is 0.714. The van der Waals surface area contributed by atoms with E-state index in [0.717, 1.165) is 30.9 Å². The fourth-order valence-corrected chi connectivity index (χ4v) is 3.09. The van der Waals surface area contributed by atoms with E-state index in [-0.39, 0.29) is 5.69 Å². The van der Waals surface area contributed by atoms with Crippen LogP contribution in [0.4, 0.5) is 13.2 Å². The van der Waals surface area contributed by atoms with Gasteiger partial charge < -0.3 is 5.32 Å². The highest BCUT2D eigenvalue weighted by molar-refractivity contribution is 5.24. The van der Waals surface area contributed by atoms with E-state index in [9.17, 15) is 13.2 Å². The summed E-state index contributed by atoms with van der Waals surface area (Å²) < 4.78 is 38.9. The molecule has 0 spiro atoms. The first kappa shape index (κ1) is 13.8. The number of hydrogen-bond acceptors (Lipinski definition) is 3. The lowest BCUT2D eigenvalue weighted by molar-refractivity contribution is -0.138. The van der Waals surface area contributed by atoms with Gasteiger partial charge in [0.2, 0.25) is 0 Å². The monoisotopic (exact) mass is 285 g/mol. The minimum absolute atomic E-state index is 0.0721. The number of rotatable bonds is 3. The molecule has 2 aliphatic rings. The van der Waals surface area contributed by atoms with Crippen molar-refractivity contribution in [3.63, 3.8) is 0 Å². The largest absolute Gasteiger partial charge is 0.418 e. The van der Waals surface area contributed by atoms with E-state index in [1.807, 2.05) is 0 Å². The van der Waals surface area contributed by atoms with Crippen LogP contribution in [0.1, 0.15) is 36.2 Å². The number of nitrogens with one attached hydrogen (secondary N) is 1. The van der Waals surface area contributed by atoms with Gasteiger partial charge in [-0.05, 0) is 57.1 Å². The summed E-state index contributed by atoms with van der Waals surface area (Å²) in [6.45, 7) is 2.54. The number of fused-ring (bicyclic) bond motifs is 1. The van der Waals surface area contributed by atoms with Crippen LogP contribution in [0.25, 0.3) is 0 Å². The third kappa shape index (κ3) is 2.95. The van der Waals surface area contributed by atoms with Gasteiger partial charge in [0, 0.05) is 6.04 Å². The van der Waals surface area contributed by atoms with E-state index in [1.165, 1.54) is 13.3 Å². The molecule has 1 saturated carbocycles. The van der Waals surface area contributed by atoms with Gasteiger partial charge in [0.05, 0.1) is 17.0 Å². The first-order valence-corrected chi connectivity index (χ1v) is 7.07. The summed E-state index contributed by atoms with van der Waals surface area (Å²) in [4.78, 5) is 0. The van der Waals surface area contributed by atoms with Crippen molar-refractivity contribution in [1.82, 2.24) is 15.5 Å². The number of nitrogens with zero attached hydrogens (tertiary/aromatic N) is 2. The van der Waals surface area contributed by atoms with E-state index in [2.05, 4.69) is 15.5 Å². The third-order valence-corrected chi connectivity index (χ3v) is 4.35. The summed E-state index contributed by atoms with van der Waals surface area (Å²) in [5, 5.41) is 11.0. The minimum atomic E-state index is -4.35. The SMILES string of the molecule is Cc1cc(C(F)(F)F)c(CCC2CC3CC3CN2)nn1. The van der Waals surface area contributed by atoms with Crippen LogP contribution in [0.3, 0.4) is 0 Å². The van der Waals surface area contributed by atoms with Crippen LogP contribution in [0, 0.1) is 18.8 Å². The molecular formula is C14H18F3N3. The normalized spacial score (nSPS) is 29.1. The molecule has 2 heterocycles. The number of alkyl halides is 3. The summed E-state index contributed by atoms with van der Waals surface area (Å²) >= 11 is 0. The lowest BCUT2D eigenvalue weighted by Crippen LogP contribution is -2.36. The molecule has 0 amide bonds. The Kier molecular flexibility index (Phi) is 3.44. The smallest absolute Gasteiger partial charge is 0.314 e. The zero-order chi connectivity index (χ0) is 14.3. The van der Waals surface area contributed by atoms with Gasteiger partial charge in [-0.15, -0.1) is 0 Å². The summed E-state index contributed by atoms with van der Waals surface area (Å²) in [6, 6.07) is 1.41. The van der Waals surface area contributed by atoms with Crippen LogP contribution in [-0.2, 0) is 12.6 Å². The molecular weight excluding hydrogens is 267 g/mol. The predicted molar refractivity (Wildman–Crippen MR) is 68.1 cm³/mol. The molecule has 0 aromatic carbocycles. The van der Waals surface area contributed by atoms with E-state index < -0.39 is 11.7 Å². The molecule has 110 valence electrons. The Balaban J connectivity index is 1.67. The van der Waals surface area contributed by atoms with Crippen molar-refractivity contribution in [3.05, 3.63) is 23.0 Å². The summed E-state index contributed by atoms with van der Waals surface area (Å²) in [7, 11) is 0. The molecule has 3 atom stereocenters. The molecule has 20 heavy (non-hydrogen) atoms. The van der Waals surface area contributed by atoms with Crippen molar-refractivity contribution < 1.29 is 13.2 Å². The maximum absolute atomic E-state index is 13.0. The summed E-state index contributed by atoms with van der Waals surface area (Å²) in [6.07, 6.45) is -0.953. The molecule has 1 aromatic rings. The van der Waals surface area contributed by atoms with Gasteiger partial charge in [0.15, 0.2) is 0 Å². The second kappa shape index (κ2) is 4.98. The van der Waals surface area contributed by atoms with Crippen LogP contribution < -0.4 is 5.32 Å². The van der Waals surface area contributed by atoms with Gasteiger partial charge in [-0.1, -0.05) is 0 Å². The van der Waals surface area contributed by atoms with Gasteiger partial charge in [-0.3, -0.25) is 0 Å². The van der Waals surface area contributed by atoms with Crippen LogP contribution in [0.2, 0.25) is 0 Å². The van der Waals surface area contributed by atoms with Crippen molar-refractivity contribution in [2.75, 3.05) is 6.54 Å². The Labute approximate surface area is 116 Å². The third-order valence-electron chi connectivity index (χ3n) is 4.35. The highest BCUT2D eigenvalue weighted by Crippen LogP contribution is 2.44. The van der Waals surface area contributed by atoms with Gasteiger partial charge in [-0.2, -0.15) is 23.4 Å². The van der Waals surface area contributed by atoms with Crippen molar-refractivity contribution in [3.8, 4) is 0 Å². The van der Waals surface area contributed by atoms with Crippen molar-refractivity contribution >= 4 is 0 Å². The first-order chi connectivity index (χ1) is 9.43. The summed E-state index contributed by atoms with van der Waals surface area (Å²) in [5.41, 5.74) is -0.259. The lowest BCUT2D eigenvalue weighted by atomic mass is 9.98. The maximum atomic E-state index is 13.0. The number of piperidine rings is 1. The first-order valence-electron chi connectivity index (χ1n) is 7.07. The zero-order valence-corrected chi connectivity index (χ0v) is 11.4. The maximum Gasteiger partial charge on any atom is 0.418 e. The van der Waals surface area contributed by atoms with Crippen molar-refractivity contribution in [1.29, 1.82) is 0 Å². The average molecular weight is 285 g/mol. The Hall–Kier alpha value is -1.17. The molecule has 1 saturated heterocycles. The molecule has 6 heteroatoms. The fourth-order valence-electron chi connectivity index (χ4n) is 3.09. The Morgan fingerprint density at radius 3 is 2.75 bits per heavy atom. The average Bonchev–Trinajstić information content (AvgIpc) is 3.14. The lowest BCUT2D eigenvalue weighted by Gasteiger charge is -2.23. The van der Waals surface area contributed by atoms with Gasteiger partial charge in [0.1, 0.15) is 0 Å². The number of hydrogen-bond donors (Lipinski definition) is 1. The Bertz CT molecular complexity index is 501. The van der Waals surface area contributed by atoms with Gasteiger partial charge >= 0.3 is 6.18 Å². The van der Waals surface area contributed by atoms with Crippen LogP contribution in [0.15, 0.2) is 6.07 Å². The van der Waals surface area contributed by atoms with E-state index in [1.54, 1.807) is 0 Å². The van der Waals surface area contributed by atoms with E-state index in [0.29, 0.717) is 24.6 Å². The number of halogens is 3. The Morgan fingerprint density at radius 2 is 2.05 bits per heavy atom. The van der Waals surface area contributed by atoms with E-state index >= 15 is 0 Å². The van der Waals surface area contributed by atoms with Crippen LogP contribution in [0.5, 0.6) is 0 Å².